The Balaban J connectivity index is 2.92. The lowest BCUT2D eigenvalue weighted by molar-refractivity contribution is -0.147. The second-order valence-corrected chi connectivity index (χ2v) is 7.27. The predicted molar refractivity (Wildman–Crippen MR) is 98.5 cm³/mol. The lowest BCUT2D eigenvalue weighted by Crippen LogP contribution is -2.58. The molecule has 0 saturated heterocycles. The third-order valence-corrected chi connectivity index (χ3v) is 4.95. The van der Waals surface area contributed by atoms with Gasteiger partial charge in [-0.2, -0.15) is 0 Å². The Morgan fingerprint density at radius 1 is 1.04 bits per heavy atom. The number of benzene rings is 1. The fraction of sp³-hybridized carbons (Fsp3) is 0.579. The zero-order valence-corrected chi connectivity index (χ0v) is 16.3. The van der Waals surface area contributed by atoms with Gasteiger partial charge in [0.15, 0.2) is 11.5 Å². The molecule has 0 aromatic heterocycles. The van der Waals surface area contributed by atoms with E-state index in [1.54, 1.807) is 20.8 Å². The van der Waals surface area contributed by atoms with Crippen LogP contribution in [0.1, 0.15) is 40.2 Å². The summed E-state index contributed by atoms with van der Waals surface area (Å²) in [5.41, 5.74) is 4.81. The van der Waals surface area contributed by atoms with Crippen molar-refractivity contribution in [2.24, 2.45) is 17.6 Å². The SMILES string of the molecule is CC(C)C(C)OC(=O)O[C@H](C)[C@@H](C)[C@](N)(Cc1ccc(O)c(O)c1)C(=O)O. The summed E-state index contributed by atoms with van der Waals surface area (Å²) >= 11 is 0. The van der Waals surface area contributed by atoms with Gasteiger partial charge in [-0.1, -0.05) is 26.8 Å². The van der Waals surface area contributed by atoms with E-state index in [4.69, 9.17) is 15.2 Å². The van der Waals surface area contributed by atoms with Crippen LogP contribution >= 0.6 is 0 Å². The van der Waals surface area contributed by atoms with Crippen molar-refractivity contribution in [3.63, 3.8) is 0 Å². The molecule has 0 saturated carbocycles. The van der Waals surface area contributed by atoms with Crippen LogP contribution in [-0.4, -0.2) is 45.2 Å². The Kier molecular flexibility index (Phi) is 7.47. The number of carboxylic acid groups (broad SMARTS) is 1. The van der Waals surface area contributed by atoms with Crippen LogP contribution in [0, 0.1) is 11.8 Å². The third-order valence-electron chi connectivity index (χ3n) is 4.95. The maximum Gasteiger partial charge on any atom is 0.508 e. The van der Waals surface area contributed by atoms with Crippen molar-refractivity contribution in [3.05, 3.63) is 23.8 Å². The molecule has 0 aliphatic rings. The quantitative estimate of drug-likeness (QED) is 0.397. The molecule has 8 nitrogen and oxygen atoms in total. The largest absolute Gasteiger partial charge is 0.508 e. The van der Waals surface area contributed by atoms with E-state index in [1.807, 2.05) is 13.8 Å². The van der Waals surface area contributed by atoms with Crippen molar-refractivity contribution in [3.8, 4) is 11.5 Å². The Hall–Kier alpha value is -2.48. The molecule has 0 amide bonds. The molecule has 1 rings (SSSR count). The Bertz CT molecular complexity index is 676. The molecule has 1 unspecified atom stereocenters. The van der Waals surface area contributed by atoms with E-state index in [0.29, 0.717) is 5.56 Å². The molecule has 1 aromatic rings. The molecule has 4 atom stereocenters. The van der Waals surface area contributed by atoms with Crippen LogP contribution in [-0.2, 0) is 20.7 Å². The number of phenolic OH excluding ortho intramolecular Hbond substituents is 2. The van der Waals surface area contributed by atoms with Crippen LogP contribution in [0.25, 0.3) is 0 Å². The monoisotopic (exact) mass is 383 g/mol. The average molecular weight is 383 g/mol. The summed E-state index contributed by atoms with van der Waals surface area (Å²) in [6.07, 6.45) is -2.20. The molecule has 0 radical (unpaired) electrons. The first-order chi connectivity index (χ1) is 12.4. The van der Waals surface area contributed by atoms with Crippen molar-refractivity contribution >= 4 is 12.1 Å². The standard InChI is InChI=1S/C19H29NO7/c1-10(2)12(4)26-18(25)27-13(5)11(3)19(20,17(23)24)9-14-6-7-15(21)16(22)8-14/h6-8,10-13,21-22H,9,20H2,1-5H3,(H,23,24)/t11-,12?,13-,19-/m1/s1. The number of hydrogen-bond donors (Lipinski definition) is 4. The number of aromatic hydroxyl groups is 2. The van der Waals surface area contributed by atoms with Crippen molar-refractivity contribution in [2.45, 2.75) is 58.8 Å². The highest BCUT2D eigenvalue weighted by molar-refractivity contribution is 5.79. The van der Waals surface area contributed by atoms with Crippen LogP contribution in [0.15, 0.2) is 18.2 Å². The first-order valence-corrected chi connectivity index (χ1v) is 8.78. The molecular formula is C19H29NO7. The van der Waals surface area contributed by atoms with E-state index in [0.717, 1.165) is 0 Å². The number of aliphatic carboxylic acids is 1. The molecule has 0 aliphatic heterocycles. The van der Waals surface area contributed by atoms with Crippen LogP contribution in [0.3, 0.4) is 0 Å². The molecule has 5 N–H and O–H groups in total. The third kappa shape index (κ3) is 5.75. The Morgan fingerprint density at radius 2 is 1.59 bits per heavy atom. The summed E-state index contributed by atoms with van der Waals surface area (Å²) in [5.74, 6) is -2.62. The van der Waals surface area contributed by atoms with Crippen molar-refractivity contribution in [1.82, 2.24) is 0 Å². The van der Waals surface area contributed by atoms with E-state index in [2.05, 4.69) is 0 Å². The van der Waals surface area contributed by atoms with Crippen LogP contribution in [0.4, 0.5) is 4.79 Å². The number of nitrogens with two attached hydrogens (primary N) is 1. The Labute approximate surface area is 158 Å². The summed E-state index contributed by atoms with van der Waals surface area (Å²) in [7, 11) is 0. The average Bonchev–Trinajstić information content (AvgIpc) is 2.56. The fourth-order valence-corrected chi connectivity index (χ4v) is 2.44. The van der Waals surface area contributed by atoms with Gasteiger partial charge >= 0.3 is 12.1 Å². The van der Waals surface area contributed by atoms with Crippen molar-refractivity contribution < 1.29 is 34.4 Å². The second kappa shape index (κ2) is 8.94. The number of carboxylic acids is 1. The van der Waals surface area contributed by atoms with E-state index < -0.39 is 29.7 Å². The first-order valence-electron chi connectivity index (χ1n) is 8.78. The van der Waals surface area contributed by atoms with Crippen LogP contribution in [0.2, 0.25) is 0 Å². The highest BCUT2D eigenvalue weighted by atomic mass is 16.7. The highest BCUT2D eigenvalue weighted by Gasteiger charge is 2.44. The lowest BCUT2D eigenvalue weighted by Gasteiger charge is -2.34. The number of hydrogen-bond acceptors (Lipinski definition) is 7. The van der Waals surface area contributed by atoms with Gasteiger partial charge in [-0.15, -0.1) is 0 Å². The van der Waals surface area contributed by atoms with Crippen molar-refractivity contribution in [1.29, 1.82) is 0 Å². The van der Waals surface area contributed by atoms with E-state index in [-0.39, 0.29) is 29.9 Å². The number of carbonyl (C=O) groups is 2. The summed E-state index contributed by atoms with van der Waals surface area (Å²) in [4.78, 5) is 23.8. The van der Waals surface area contributed by atoms with Gasteiger partial charge in [0.25, 0.3) is 0 Å². The van der Waals surface area contributed by atoms with Gasteiger partial charge in [-0.05, 0) is 37.5 Å². The number of carbonyl (C=O) groups excluding carboxylic acids is 1. The molecule has 0 aliphatic carbocycles. The molecule has 0 heterocycles. The number of rotatable bonds is 8. The van der Waals surface area contributed by atoms with Gasteiger partial charge in [-0.25, -0.2) is 4.79 Å². The zero-order chi connectivity index (χ0) is 20.9. The number of phenols is 2. The Morgan fingerprint density at radius 3 is 2.07 bits per heavy atom. The molecule has 8 heteroatoms. The van der Waals surface area contributed by atoms with Crippen molar-refractivity contribution in [2.75, 3.05) is 0 Å². The van der Waals surface area contributed by atoms with Gasteiger partial charge in [0, 0.05) is 12.3 Å². The van der Waals surface area contributed by atoms with Gasteiger partial charge < -0.3 is 30.5 Å². The first kappa shape index (κ1) is 22.6. The van der Waals surface area contributed by atoms with Crippen LogP contribution < -0.4 is 5.73 Å². The molecular weight excluding hydrogens is 354 g/mol. The topological polar surface area (TPSA) is 139 Å². The second-order valence-electron chi connectivity index (χ2n) is 7.27. The molecule has 152 valence electrons. The predicted octanol–water partition coefficient (Wildman–Crippen LogP) is 2.64. The lowest BCUT2D eigenvalue weighted by atomic mass is 9.78. The molecule has 0 bridgehead atoms. The van der Waals surface area contributed by atoms with Gasteiger partial charge in [0.2, 0.25) is 0 Å². The van der Waals surface area contributed by atoms with Gasteiger partial charge in [0.1, 0.15) is 17.7 Å². The van der Waals surface area contributed by atoms with E-state index in [9.17, 15) is 24.9 Å². The van der Waals surface area contributed by atoms with E-state index in [1.165, 1.54) is 18.2 Å². The van der Waals surface area contributed by atoms with Crippen LogP contribution in [0.5, 0.6) is 11.5 Å². The molecule has 0 spiro atoms. The summed E-state index contributed by atoms with van der Waals surface area (Å²) in [5, 5.41) is 28.7. The molecule has 0 fully saturated rings. The summed E-state index contributed by atoms with van der Waals surface area (Å²) in [6, 6.07) is 3.97. The minimum atomic E-state index is -1.77. The summed E-state index contributed by atoms with van der Waals surface area (Å²) in [6.45, 7) is 8.64. The minimum Gasteiger partial charge on any atom is -0.504 e. The zero-order valence-electron chi connectivity index (χ0n) is 16.3. The number of ether oxygens (including phenoxy) is 2. The summed E-state index contributed by atoms with van der Waals surface area (Å²) < 4.78 is 10.4. The van der Waals surface area contributed by atoms with Gasteiger partial charge in [-0.3, -0.25) is 4.79 Å². The van der Waals surface area contributed by atoms with E-state index >= 15 is 0 Å². The fourth-order valence-electron chi connectivity index (χ4n) is 2.44. The highest BCUT2D eigenvalue weighted by Crippen LogP contribution is 2.30. The van der Waals surface area contributed by atoms with Gasteiger partial charge in [0.05, 0.1) is 0 Å². The maximum absolute atomic E-state index is 11.9. The normalized spacial score (nSPS) is 16.9. The maximum atomic E-state index is 11.9. The molecule has 1 aromatic carbocycles. The minimum absolute atomic E-state index is 0.111. The molecule has 27 heavy (non-hydrogen) atoms. The smallest absolute Gasteiger partial charge is 0.504 e.